The molecule has 1 fully saturated rings. The number of carbonyl (C=O) groups is 1. The van der Waals surface area contributed by atoms with Crippen LogP contribution < -0.4 is 16.0 Å². The van der Waals surface area contributed by atoms with Crippen LogP contribution in [0.15, 0.2) is 18.2 Å². The van der Waals surface area contributed by atoms with Gasteiger partial charge in [0.05, 0.1) is 16.8 Å². The zero-order valence-electron chi connectivity index (χ0n) is 10.8. The zero-order valence-corrected chi connectivity index (χ0v) is 10.8. The van der Waals surface area contributed by atoms with Gasteiger partial charge in [-0.3, -0.25) is 5.41 Å². The fourth-order valence-electron chi connectivity index (χ4n) is 1.94. The highest BCUT2D eigenvalue weighted by Crippen LogP contribution is 2.37. The van der Waals surface area contributed by atoms with E-state index in [1.165, 1.54) is 6.07 Å². The van der Waals surface area contributed by atoms with E-state index in [4.69, 9.17) is 11.1 Å². The summed E-state index contributed by atoms with van der Waals surface area (Å²) in [5, 5.41) is 10.4. The van der Waals surface area contributed by atoms with E-state index in [9.17, 15) is 18.0 Å². The Balaban J connectivity index is 2.50. The third kappa shape index (κ3) is 2.17. The Morgan fingerprint density at radius 2 is 1.95 bits per heavy atom. The maximum absolute atomic E-state index is 12.8. The number of benzene rings is 1. The Labute approximate surface area is 113 Å². The van der Waals surface area contributed by atoms with Crippen molar-refractivity contribution in [2.24, 2.45) is 0 Å². The van der Waals surface area contributed by atoms with Gasteiger partial charge in [-0.25, -0.2) is 9.69 Å². The van der Waals surface area contributed by atoms with Crippen LogP contribution >= 0.6 is 0 Å². The Hall–Kier alpha value is -2.25. The average molecular weight is 286 g/mol. The molecule has 20 heavy (non-hydrogen) atoms. The van der Waals surface area contributed by atoms with Crippen LogP contribution in [-0.4, -0.2) is 17.4 Å². The number of nitrogens with zero attached hydrogens (tertiary/aromatic N) is 1. The van der Waals surface area contributed by atoms with Crippen molar-refractivity contribution in [3.05, 3.63) is 23.8 Å². The Kier molecular flexibility index (Phi) is 2.92. The van der Waals surface area contributed by atoms with Gasteiger partial charge in [-0.05, 0) is 32.0 Å². The number of alkyl halides is 3. The lowest BCUT2D eigenvalue weighted by molar-refractivity contribution is -0.136. The molecule has 0 saturated carbocycles. The van der Waals surface area contributed by atoms with E-state index in [-0.39, 0.29) is 11.5 Å². The summed E-state index contributed by atoms with van der Waals surface area (Å²) in [6.45, 7) is 3.18. The molecule has 2 amide bonds. The molecule has 1 aliphatic heterocycles. The van der Waals surface area contributed by atoms with Crippen LogP contribution in [0.5, 0.6) is 0 Å². The molecule has 1 heterocycles. The molecule has 0 spiro atoms. The highest BCUT2D eigenvalue weighted by atomic mass is 19.4. The molecule has 2 rings (SSSR count). The second kappa shape index (κ2) is 4.12. The number of carbonyl (C=O) groups excluding carboxylic acids is 1. The molecule has 0 aliphatic carbocycles. The first-order valence-electron chi connectivity index (χ1n) is 5.72. The van der Waals surface area contributed by atoms with Crippen molar-refractivity contribution in [2.75, 3.05) is 10.6 Å². The van der Waals surface area contributed by atoms with Crippen LogP contribution in [-0.2, 0) is 6.18 Å². The number of amidine groups is 1. The van der Waals surface area contributed by atoms with Crippen molar-refractivity contribution in [2.45, 2.75) is 25.6 Å². The Morgan fingerprint density at radius 3 is 2.40 bits per heavy atom. The predicted molar refractivity (Wildman–Crippen MR) is 68.7 cm³/mol. The van der Waals surface area contributed by atoms with Gasteiger partial charge in [-0.15, -0.1) is 0 Å². The molecule has 1 aromatic carbocycles. The summed E-state index contributed by atoms with van der Waals surface area (Å²) in [5.41, 5.74) is 2.88. The van der Waals surface area contributed by atoms with Gasteiger partial charge in [-0.1, -0.05) is 0 Å². The molecule has 0 bridgehead atoms. The van der Waals surface area contributed by atoms with E-state index in [1.807, 2.05) is 0 Å². The van der Waals surface area contributed by atoms with Crippen molar-refractivity contribution in [3.63, 3.8) is 0 Å². The molecule has 1 saturated heterocycles. The average Bonchev–Trinajstić information content (AvgIpc) is 2.48. The summed E-state index contributed by atoms with van der Waals surface area (Å²) in [6, 6.07) is 2.48. The minimum absolute atomic E-state index is 0.0420. The summed E-state index contributed by atoms with van der Waals surface area (Å²) in [7, 11) is 0. The summed E-state index contributed by atoms with van der Waals surface area (Å²) in [5.74, 6) is -0.125. The SMILES string of the molecule is CC1(C)NC(=O)N(c2ccc(N)c(C(F)(F)F)c2)C1=N. The van der Waals surface area contributed by atoms with E-state index >= 15 is 0 Å². The quantitative estimate of drug-likeness (QED) is 0.693. The molecule has 4 N–H and O–H groups in total. The second-order valence-electron chi connectivity index (χ2n) is 5.01. The third-order valence-electron chi connectivity index (χ3n) is 3.04. The van der Waals surface area contributed by atoms with Gasteiger partial charge in [0.1, 0.15) is 5.84 Å². The number of hydrogen-bond donors (Lipinski definition) is 3. The Bertz CT molecular complexity index is 595. The topological polar surface area (TPSA) is 82.2 Å². The van der Waals surface area contributed by atoms with E-state index < -0.39 is 29.0 Å². The van der Waals surface area contributed by atoms with Crippen LogP contribution in [0, 0.1) is 5.41 Å². The highest BCUT2D eigenvalue weighted by Gasteiger charge is 2.43. The number of anilines is 2. The van der Waals surface area contributed by atoms with Gasteiger partial charge >= 0.3 is 12.2 Å². The normalized spacial score (nSPS) is 18.4. The standard InChI is InChI=1S/C12H13F3N4O/c1-11(2)9(17)19(10(20)18-11)6-3-4-8(16)7(5-6)12(13,14)15/h3-5,17H,16H2,1-2H3,(H,18,20). The first kappa shape index (κ1) is 14.2. The van der Waals surface area contributed by atoms with E-state index in [0.29, 0.717) is 0 Å². The lowest BCUT2D eigenvalue weighted by Crippen LogP contribution is -2.39. The molecule has 1 aromatic rings. The highest BCUT2D eigenvalue weighted by molar-refractivity contribution is 6.24. The van der Waals surface area contributed by atoms with Crippen LogP contribution in [0.4, 0.5) is 29.3 Å². The minimum atomic E-state index is -4.62. The Morgan fingerprint density at radius 1 is 1.35 bits per heavy atom. The fourth-order valence-corrected chi connectivity index (χ4v) is 1.94. The first-order chi connectivity index (χ1) is 9.04. The smallest absolute Gasteiger partial charge is 0.398 e. The van der Waals surface area contributed by atoms with Crippen molar-refractivity contribution in [1.82, 2.24) is 5.32 Å². The number of urea groups is 1. The molecule has 0 radical (unpaired) electrons. The monoisotopic (exact) mass is 286 g/mol. The number of nitrogen functional groups attached to an aromatic ring is 1. The van der Waals surface area contributed by atoms with Crippen LogP contribution in [0.3, 0.4) is 0 Å². The van der Waals surface area contributed by atoms with Crippen LogP contribution in [0.2, 0.25) is 0 Å². The molecular weight excluding hydrogens is 273 g/mol. The van der Waals surface area contributed by atoms with Crippen molar-refractivity contribution >= 4 is 23.2 Å². The van der Waals surface area contributed by atoms with Gasteiger partial charge in [0.15, 0.2) is 0 Å². The summed E-state index contributed by atoms with van der Waals surface area (Å²) < 4.78 is 38.4. The summed E-state index contributed by atoms with van der Waals surface area (Å²) in [6.07, 6.45) is -4.62. The molecule has 0 aromatic heterocycles. The van der Waals surface area contributed by atoms with Gasteiger partial charge in [-0.2, -0.15) is 13.2 Å². The molecule has 0 unspecified atom stereocenters. The number of rotatable bonds is 1. The molecular formula is C12H13F3N4O. The molecule has 0 atom stereocenters. The summed E-state index contributed by atoms with van der Waals surface area (Å²) >= 11 is 0. The maximum Gasteiger partial charge on any atom is 0.418 e. The summed E-state index contributed by atoms with van der Waals surface area (Å²) in [4.78, 5) is 12.7. The maximum atomic E-state index is 12.8. The van der Waals surface area contributed by atoms with Crippen LogP contribution in [0.1, 0.15) is 19.4 Å². The van der Waals surface area contributed by atoms with E-state index in [0.717, 1.165) is 17.0 Å². The van der Waals surface area contributed by atoms with Crippen molar-refractivity contribution in [1.29, 1.82) is 5.41 Å². The number of hydrogen-bond acceptors (Lipinski definition) is 3. The number of nitrogens with one attached hydrogen (secondary N) is 2. The minimum Gasteiger partial charge on any atom is -0.398 e. The van der Waals surface area contributed by atoms with Crippen molar-refractivity contribution in [3.8, 4) is 0 Å². The first-order valence-corrected chi connectivity index (χ1v) is 5.72. The molecule has 108 valence electrons. The number of halogens is 3. The van der Waals surface area contributed by atoms with Crippen molar-refractivity contribution < 1.29 is 18.0 Å². The van der Waals surface area contributed by atoms with Gasteiger partial charge in [0, 0.05) is 5.69 Å². The molecule has 1 aliphatic rings. The molecule has 8 heteroatoms. The third-order valence-corrected chi connectivity index (χ3v) is 3.04. The molecule has 5 nitrogen and oxygen atoms in total. The van der Waals surface area contributed by atoms with Gasteiger partial charge in [0.25, 0.3) is 0 Å². The van der Waals surface area contributed by atoms with Gasteiger partial charge < -0.3 is 11.1 Å². The number of amides is 2. The number of nitrogens with two attached hydrogens (primary N) is 1. The van der Waals surface area contributed by atoms with Crippen LogP contribution in [0.25, 0.3) is 0 Å². The lowest BCUT2D eigenvalue weighted by atomic mass is 10.1. The fraction of sp³-hybridized carbons (Fsp3) is 0.333. The van der Waals surface area contributed by atoms with E-state index in [2.05, 4.69) is 5.32 Å². The largest absolute Gasteiger partial charge is 0.418 e. The van der Waals surface area contributed by atoms with Gasteiger partial charge in [0.2, 0.25) is 0 Å². The lowest BCUT2D eigenvalue weighted by Gasteiger charge is -2.20. The van der Waals surface area contributed by atoms with E-state index in [1.54, 1.807) is 13.8 Å². The predicted octanol–water partition coefficient (Wildman–Crippen LogP) is 2.57. The zero-order chi connectivity index (χ0) is 15.3. The second-order valence-corrected chi connectivity index (χ2v) is 5.01.